The molecule has 204 valence electrons. The molecule has 0 saturated carbocycles. The third-order valence-corrected chi connectivity index (χ3v) is 6.42. The van der Waals surface area contributed by atoms with Gasteiger partial charge in [0.1, 0.15) is 0 Å². The van der Waals surface area contributed by atoms with Gasteiger partial charge >= 0.3 is 107 Å². The molecule has 0 amide bonds. The summed E-state index contributed by atoms with van der Waals surface area (Å²) in [5, 5.41) is 30.8. The van der Waals surface area contributed by atoms with Crippen LogP contribution < -0.4 is 5.32 Å². The Morgan fingerprint density at radius 2 is 0.868 bits per heavy atom. The van der Waals surface area contributed by atoms with Crippen molar-refractivity contribution in [1.29, 1.82) is 0 Å². The summed E-state index contributed by atoms with van der Waals surface area (Å²) in [5.74, 6) is -4.50. The Bertz CT molecular complexity index is 757. The van der Waals surface area contributed by atoms with Crippen LogP contribution in [0, 0.1) is 0 Å². The molecule has 4 N–H and O–H groups in total. The zero-order valence-corrected chi connectivity index (χ0v) is 21.4. The number of unbranched alkanes of at least 4 members (excludes halogenated alkanes) is 16. The minimum atomic E-state index is -1.57. The van der Waals surface area contributed by atoms with Crippen molar-refractivity contribution in [3.63, 3.8) is 0 Å². The summed E-state index contributed by atoms with van der Waals surface area (Å²) < 4.78 is 0. The van der Waals surface area contributed by atoms with Gasteiger partial charge in [0.05, 0.1) is 16.7 Å². The van der Waals surface area contributed by atoms with Crippen LogP contribution in [0.3, 0.4) is 0 Å². The summed E-state index contributed by atoms with van der Waals surface area (Å²) in [7, 11) is 0. The van der Waals surface area contributed by atoms with Gasteiger partial charge in [-0.05, 0) is 18.6 Å². The van der Waals surface area contributed by atoms with Gasteiger partial charge in [-0.1, -0.05) is 110 Å². The van der Waals surface area contributed by atoms with Crippen LogP contribution in [0.4, 0.5) is 5.69 Å². The molecule has 0 atom stereocenters. The molecule has 0 radical (unpaired) electrons. The van der Waals surface area contributed by atoms with Crippen LogP contribution in [0.25, 0.3) is 0 Å². The summed E-state index contributed by atoms with van der Waals surface area (Å²) in [5.41, 5.74) is -1.45. The summed E-state index contributed by atoms with van der Waals surface area (Å²) in [6.07, 6.45) is 21.9. The molecule has 1 rings (SSSR count). The normalized spacial score (nSPS) is 10.0. The van der Waals surface area contributed by atoms with Crippen molar-refractivity contribution in [1.82, 2.24) is 0 Å². The molecule has 0 heterocycles. The number of carbonyl (C=O) groups is 3. The molecule has 0 aliphatic heterocycles. The van der Waals surface area contributed by atoms with Crippen molar-refractivity contribution in [2.24, 2.45) is 0 Å². The minimum absolute atomic E-state index is 0. The Morgan fingerprint density at radius 3 is 1.16 bits per heavy atom. The number of rotatable bonds is 22. The van der Waals surface area contributed by atoms with E-state index < -0.39 is 34.6 Å². The molecule has 0 spiro atoms. The number of carboxylic acid groups (broad SMARTS) is 3. The first-order chi connectivity index (χ1) is 16.9. The molecule has 0 unspecified atom stereocenters. The van der Waals surface area contributed by atoms with Gasteiger partial charge in [0, 0.05) is 12.2 Å². The number of hydrogen-bond acceptors (Lipinski definition) is 4. The van der Waals surface area contributed by atoms with Gasteiger partial charge in [-0.25, -0.2) is 14.4 Å². The Labute approximate surface area is 295 Å². The topological polar surface area (TPSA) is 124 Å². The molecule has 7 nitrogen and oxygen atoms in total. The van der Waals surface area contributed by atoms with E-state index in [-0.39, 0.29) is 88.7 Å². The molecule has 0 aromatic heterocycles. The monoisotopic (exact) mass is 563 g/mol. The van der Waals surface area contributed by atoms with Crippen molar-refractivity contribution >= 4 is 112 Å². The van der Waals surface area contributed by atoms with E-state index in [1.807, 2.05) is 0 Å². The van der Waals surface area contributed by atoms with Crippen LogP contribution in [-0.2, 0) is 0 Å². The SMILES string of the molecule is CCCCCCCCCCCCCCCCCCCNc1cc(C(=O)O)c(C(=O)O)c(C(=O)O)c1.[NaH].[NaH].[NaH]. The van der Waals surface area contributed by atoms with Gasteiger partial charge in [0.15, 0.2) is 0 Å². The van der Waals surface area contributed by atoms with E-state index in [4.69, 9.17) is 0 Å². The van der Waals surface area contributed by atoms with Crippen molar-refractivity contribution in [2.75, 3.05) is 11.9 Å². The zero-order chi connectivity index (χ0) is 25.9. The number of carboxylic acids is 3. The number of benzene rings is 1. The zero-order valence-electron chi connectivity index (χ0n) is 21.4. The van der Waals surface area contributed by atoms with Crippen molar-refractivity contribution in [3.8, 4) is 0 Å². The summed E-state index contributed by atoms with van der Waals surface area (Å²) >= 11 is 0. The van der Waals surface area contributed by atoms with Crippen molar-refractivity contribution < 1.29 is 29.7 Å². The van der Waals surface area contributed by atoms with Crippen molar-refractivity contribution in [2.45, 2.75) is 116 Å². The molecule has 10 heteroatoms. The molecular formula is C28H48NNa3O6. The second-order valence-electron chi connectivity index (χ2n) is 9.45. The van der Waals surface area contributed by atoms with Gasteiger partial charge in [-0.3, -0.25) is 0 Å². The van der Waals surface area contributed by atoms with Crippen LogP contribution in [0.15, 0.2) is 12.1 Å². The first kappa shape index (κ1) is 42.9. The van der Waals surface area contributed by atoms with E-state index in [9.17, 15) is 29.7 Å². The second-order valence-corrected chi connectivity index (χ2v) is 9.45. The summed E-state index contributed by atoms with van der Waals surface area (Å²) in [4.78, 5) is 34.2. The molecule has 0 aliphatic rings. The average Bonchev–Trinajstić information content (AvgIpc) is 2.82. The van der Waals surface area contributed by atoms with E-state index in [0.717, 1.165) is 19.3 Å². The molecule has 38 heavy (non-hydrogen) atoms. The summed E-state index contributed by atoms with van der Waals surface area (Å²) in [6, 6.07) is 2.37. The van der Waals surface area contributed by atoms with Crippen molar-refractivity contribution in [3.05, 3.63) is 28.8 Å². The maximum atomic E-state index is 11.4. The molecule has 0 aliphatic carbocycles. The fraction of sp³-hybridized carbons (Fsp3) is 0.679. The van der Waals surface area contributed by atoms with E-state index >= 15 is 0 Å². The predicted molar refractivity (Wildman–Crippen MR) is 161 cm³/mol. The third kappa shape index (κ3) is 19.5. The second kappa shape index (κ2) is 27.6. The third-order valence-electron chi connectivity index (χ3n) is 6.42. The standard InChI is InChI=1S/C28H45NO6.3Na.3H/c1-2-3-4-5-6-7-8-9-10-11-12-13-14-15-16-17-18-19-29-22-20-23(26(30)31)25(28(34)35)24(21-22)27(32)33;;;;;;/h20-21,29H,2-19H2,1H3,(H,30,31)(H,32,33)(H,34,35);;;;;;. The number of nitrogens with one attached hydrogen (secondary N) is 1. The molecule has 1 aromatic carbocycles. The van der Waals surface area contributed by atoms with E-state index in [0.29, 0.717) is 12.2 Å². The van der Waals surface area contributed by atoms with Gasteiger partial charge in [0.25, 0.3) is 0 Å². The fourth-order valence-corrected chi connectivity index (χ4v) is 4.39. The molecular weight excluding hydrogens is 515 g/mol. The molecule has 0 bridgehead atoms. The number of anilines is 1. The Balaban J connectivity index is -0.00000408. The Kier molecular flexibility index (Phi) is 31.1. The predicted octanol–water partition coefficient (Wildman–Crippen LogP) is 5.90. The van der Waals surface area contributed by atoms with Crippen LogP contribution >= 0.6 is 0 Å². The average molecular weight is 564 g/mol. The number of aromatic carboxylic acids is 3. The van der Waals surface area contributed by atoms with Gasteiger partial charge < -0.3 is 20.6 Å². The van der Waals surface area contributed by atoms with Crippen LogP contribution in [-0.4, -0.2) is 128 Å². The Morgan fingerprint density at radius 1 is 0.553 bits per heavy atom. The first-order valence-electron chi connectivity index (χ1n) is 13.5. The maximum absolute atomic E-state index is 11.4. The van der Waals surface area contributed by atoms with Crippen LogP contribution in [0.5, 0.6) is 0 Å². The first-order valence-corrected chi connectivity index (χ1v) is 13.5. The van der Waals surface area contributed by atoms with Crippen LogP contribution in [0.1, 0.15) is 147 Å². The Hall–Kier alpha value is 0.430. The molecule has 0 saturated heterocycles. The fourth-order valence-electron chi connectivity index (χ4n) is 4.39. The van der Waals surface area contributed by atoms with Gasteiger partial charge in [-0.15, -0.1) is 0 Å². The number of hydrogen-bond donors (Lipinski definition) is 4. The van der Waals surface area contributed by atoms with Gasteiger partial charge in [0.2, 0.25) is 0 Å². The molecule has 0 fully saturated rings. The van der Waals surface area contributed by atoms with Gasteiger partial charge in [-0.2, -0.15) is 0 Å². The van der Waals surface area contributed by atoms with Crippen LogP contribution in [0.2, 0.25) is 0 Å². The van der Waals surface area contributed by atoms with E-state index in [1.54, 1.807) is 0 Å². The quantitative estimate of drug-likeness (QED) is 0.102. The summed E-state index contributed by atoms with van der Waals surface area (Å²) in [6.45, 7) is 2.83. The van der Waals surface area contributed by atoms with E-state index in [1.165, 1.54) is 102 Å². The van der Waals surface area contributed by atoms with E-state index in [2.05, 4.69) is 12.2 Å². The molecule has 1 aromatic rings.